The Balaban J connectivity index is 1.72. The van der Waals surface area contributed by atoms with E-state index in [9.17, 15) is 4.79 Å². The molecule has 1 aliphatic rings. The molecule has 1 fully saturated rings. The molecule has 0 aliphatic heterocycles. The lowest BCUT2D eigenvalue weighted by molar-refractivity contribution is -0.123. The van der Waals surface area contributed by atoms with E-state index in [2.05, 4.69) is 35.1 Å². The SMILES string of the molecule is CC(Cc1cccs1)NC(C)C(=O)NC1CC1. The fourth-order valence-corrected chi connectivity index (χ4v) is 2.68. The van der Waals surface area contributed by atoms with Crippen LogP contribution in [0.3, 0.4) is 0 Å². The zero-order chi connectivity index (χ0) is 12.3. The summed E-state index contributed by atoms with van der Waals surface area (Å²) in [5, 5.41) is 8.45. The van der Waals surface area contributed by atoms with Gasteiger partial charge in [-0.25, -0.2) is 0 Å². The van der Waals surface area contributed by atoms with Crippen LogP contribution in [0.2, 0.25) is 0 Å². The quantitative estimate of drug-likeness (QED) is 0.812. The molecule has 0 radical (unpaired) electrons. The zero-order valence-corrected chi connectivity index (χ0v) is 11.2. The number of carbonyl (C=O) groups is 1. The fourth-order valence-electron chi connectivity index (χ4n) is 1.85. The van der Waals surface area contributed by atoms with Crippen LogP contribution in [0.15, 0.2) is 17.5 Å². The van der Waals surface area contributed by atoms with Crippen LogP contribution in [-0.2, 0) is 11.2 Å². The average Bonchev–Trinajstić information content (AvgIpc) is 2.93. The predicted octanol–water partition coefficient (Wildman–Crippen LogP) is 1.94. The highest BCUT2D eigenvalue weighted by atomic mass is 32.1. The third kappa shape index (κ3) is 4.13. The maximum Gasteiger partial charge on any atom is 0.237 e. The normalized spacial score (nSPS) is 18.7. The molecule has 1 saturated carbocycles. The van der Waals surface area contributed by atoms with E-state index in [4.69, 9.17) is 0 Å². The minimum atomic E-state index is -0.106. The number of hydrogen-bond donors (Lipinski definition) is 2. The van der Waals surface area contributed by atoms with Crippen molar-refractivity contribution in [2.45, 2.75) is 51.2 Å². The second kappa shape index (κ2) is 5.65. The van der Waals surface area contributed by atoms with Crippen LogP contribution in [-0.4, -0.2) is 24.0 Å². The Hall–Kier alpha value is -0.870. The van der Waals surface area contributed by atoms with Gasteiger partial charge in [-0.05, 0) is 44.6 Å². The summed E-state index contributed by atoms with van der Waals surface area (Å²) in [5.74, 6) is 0.130. The molecule has 2 unspecified atom stereocenters. The Bertz CT molecular complexity index is 360. The largest absolute Gasteiger partial charge is 0.352 e. The van der Waals surface area contributed by atoms with Gasteiger partial charge in [-0.15, -0.1) is 11.3 Å². The van der Waals surface area contributed by atoms with Gasteiger partial charge in [0.15, 0.2) is 0 Å². The Morgan fingerprint density at radius 1 is 1.53 bits per heavy atom. The number of nitrogens with one attached hydrogen (secondary N) is 2. The number of hydrogen-bond acceptors (Lipinski definition) is 3. The molecule has 2 N–H and O–H groups in total. The fraction of sp³-hybridized carbons (Fsp3) is 0.615. The van der Waals surface area contributed by atoms with Crippen LogP contribution < -0.4 is 10.6 Å². The first kappa shape index (κ1) is 12.6. The molecule has 0 spiro atoms. The van der Waals surface area contributed by atoms with Crippen LogP contribution in [0.4, 0.5) is 0 Å². The Labute approximate surface area is 107 Å². The first-order chi connectivity index (χ1) is 8.15. The zero-order valence-electron chi connectivity index (χ0n) is 10.4. The first-order valence-corrected chi connectivity index (χ1v) is 7.12. The van der Waals surface area contributed by atoms with E-state index in [0.29, 0.717) is 12.1 Å². The molecule has 3 nitrogen and oxygen atoms in total. The summed E-state index contributed by atoms with van der Waals surface area (Å²) in [6, 6.07) is 4.87. The highest BCUT2D eigenvalue weighted by molar-refractivity contribution is 7.09. The summed E-state index contributed by atoms with van der Waals surface area (Å²) in [5.41, 5.74) is 0. The number of thiophene rings is 1. The maximum atomic E-state index is 11.8. The van der Waals surface area contributed by atoms with Crippen molar-refractivity contribution in [3.05, 3.63) is 22.4 Å². The van der Waals surface area contributed by atoms with Crippen LogP contribution in [0.25, 0.3) is 0 Å². The molecule has 1 aromatic heterocycles. The monoisotopic (exact) mass is 252 g/mol. The maximum absolute atomic E-state index is 11.8. The van der Waals surface area contributed by atoms with Crippen molar-refractivity contribution in [1.82, 2.24) is 10.6 Å². The van der Waals surface area contributed by atoms with E-state index >= 15 is 0 Å². The lowest BCUT2D eigenvalue weighted by Crippen LogP contribution is -2.46. The van der Waals surface area contributed by atoms with E-state index in [1.165, 1.54) is 4.88 Å². The van der Waals surface area contributed by atoms with Crippen molar-refractivity contribution in [1.29, 1.82) is 0 Å². The minimum absolute atomic E-state index is 0.106. The first-order valence-electron chi connectivity index (χ1n) is 6.24. The molecule has 2 atom stereocenters. The third-order valence-corrected chi connectivity index (χ3v) is 3.84. The lowest BCUT2D eigenvalue weighted by Gasteiger charge is -2.19. The summed E-state index contributed by atoms with van der Waals surface area (Å²) in [6.07, 6.45) is 3.27. The third-order valence-electron chi connectivity index (χ3n) is 2.94. The number of carbonyl (C=O) groups excluding carboxylic acids is 1. The van der Waals surface area contributed by atoms with Crippen LogP contribution in [0, 0.1) is 0 Å². The topological polar surface area (TPSA) is 41.1 Å². The van der Waals surface area contributed by atoms with Gasteiger partial charge in [-0.1, -0.05) is 6.07 Å². The van der Waals surface area contributed by atoms with Crippen LogP contribution in [0.5, 0.6) is 0 Å². The van der Waals surface area contributed by atoms with Gasteiger partial charge in [0.05, 0.1) is 6.04 Å². The average molecular weight is 252 g/mol. The molecule has 2 rings (SSSR count). The van der Waals surface area contributed by atoms with E-state index in [1.54, 1.807) is 11.3 Å². The summed E-state index contributed by atoms with van der Waals surface area (Å²) in [6.45, 7) is 4.06. The van der Waals surface area contributed by atoms with E-state index in [-0.39, 0.29) is 11.9 Å². The molecule has 17 heavy (non-hydrogen) atoms. The van der Waals surface area contributed by atoms with E-state index in [1.807, 2.05) is 6.92 Å². The molecule has 1 heterocycles. The molecule has 0 saturated heterocycles. The molecule has 0 aromatic carbocycles. The summed E-state index contributed by atoms with van der Waals surface area (Å²) in [4.78, 5) is 13.1. The van der Waals surface area contributed by atoms with Crippen molar-refractivity contribution in [3.8, 4) is 0 Å². The summed E-state index contributed by atoms with van der Waals surface area (Å²) < 4.78 is 0. The van der Waals surface area contributed by atoms with Crippen molar-refractivity contribution in [3.63, 3.8) is 0 Å². The smallest absolute Gasteiger partial charge is 0.237 e. The van der Waals surface area contributed by atoms with Gasteiger partial charge >= 0.3 is 0 Å². The summed E-state index contributed by atoms with van der Waals surface area (Å²) >= 11 is 1.77. The highest BCUT2D eigenvalue weighted by Crippen LogP contribution is 2.18. The molecule has 94 valence electrons. The molecule has 1 aromatic rings. The van der Waals surface area contributed by atoms with Gasteiger partial charge in [-0.2, -0.15) is 0 Å². The lowest BCUT2D eigenvalue weighted by atomic mass is 10.2. The van der Waals surface area contributed by atoms with E-state index in [0.717, 1.165) is 19.3 Å². The Morgan fingerprint density at radius 3 is 2.88 bits per heavy atom. The van der Waals surface area contributed by atoms with Crippen molar-refractivity contribution in [2.75, 3.05) is 0 Å². The van der Waals surface area contributed by atoms with Crippen LogP contribution in [0.1, 0.15) is 31.6 Å². The number of rotatable bonds is 6. The molecule has 0 bridgehead atoms. The van der Waals surface area contributed by atoms with Crippen molar-refractivity contribution in [2.24, 2.45) is 0 Å². The molecule has 4 heteroatoms. The Kier molecular flexibility index (Phi) is 4.18. The Morgan fingerprint density at radius 2 is 2.29 bits per heavy atom. The minimum Gasteiger partial charge on any atom is -0.352 e. The second-order valence-corrected chi connectivity index (χ2v) is 5.89. The standard InChI is InChI=1S/C13H20N2OS/c1-9(8-12-4-3-7-17-12)14-10(2)13(16)15-11-5-6-11/h3-4,7,9-11,14H,5-6,8H2,1-2H3,(H,15,16). The van der Waals surface area contributed by atoms with Gasteiger partial charge in [0.2, 0.25) is 5.91 Å². The van der Waals surface area contributed by atoms with Gasteiger partial charge in [0, 0.05) is 17.0 Å². The molecule has 1 amide bonds. The van der Waals surface area contributed by atoms with Gasteiger partial charge < -0.3 is 10.6 Å². The molecule has 1 aliphatic carbocycles. The van der Waals surface area contributed by atoms with Crippen molar-refractivity contribution >= 4 is 17.2 Å². The second-order valence-electron chi connectivity index (χ2n) is 4.86. The molecular weight excluding hydrogens is 232 g/mol. The van der Waals surface area contributed by atoms with Crippen molar-refractivity contribution < 1.29 is 4.79 Å². The van der Waals surface area contributed by atoms with Gasteiger partial charge in [-0.3, -0.25) is 4.79 Å². The molecular formula is C13H20N2OS. The van der Waals surface area contributed by atoms with Gasteiger partial charge in [0.25, 0.3) is 0 Å². The summed E-state index contributed by atoms with van der Waals surface area (Å²) in [7, 11) is 0. The highest BCUT2D eigenvalue weighted by Gasteiger charge is 2.25. The van der Waals surface area contributed by atoms with Gasteiger partial charge in [0.1, 0.15) is 0 Å². The van der Waals surface area contributed by atoms with E-state index < -0.39 is 0 Å². The van der Waals surface area contributed by atoms with Crippen LogP contribution >= 0.6 is 11.3 Å². The predicted molar refractivity (Wildman–Crippen MR) is 71.2 cm³/mol. The number of amides is 1.